The maximum Gasteiger partial charge on any atom is 0.513 e. The molecule has 16 heavy (non-hydrogen) atoms. The van der Waals surface area contributed by atoms with Crippen molar-refractivity contribution in [3.8, 4) is 5.75 Å². The van der Waals surface area contributed by atoms with Crippen LogP contribution in [0, 0.1) is 5.82 Å². The normalized spacial score (nSPS) is 11.2. The predicted octanol–water partition coefficient (Wildman–Crippen LogP) is 2.84. The predicted molar refractivity (Wildman–Crippen MR) is 55.4 cm³/mol. The molecule has 0 aliphatic carbocycles. The minimum atomic E-state index is -5.27. The molecule has 1 aromatic carbocycles. The van der Waals surface area contributed by atoms with Crippen molar-refractivity contribution in [2.45, 2.75) is 6.42 Å². The third-order valence-corrected chi connectivity index (χ3v) is 1.90. The van der Waals surface area contributed by atoms with Gasteiger partial charge in [0.25, 0.3) is 0 Å². The van der Waals surface area contributed by atoms with Gasteiger partial charge in [0, 0.05) is 0 Å². The summed E-state index contributed by atoms with van der Waals surface area (Å²) in [5, 5.41) is 0. The second kappa shape index (κ2) is 5.05. The Morgan fingerprint density at radius 1 is 1.31 bits per heavy atom. The first kappa shape index (κ1) is 12.6. The van der Waals surface area contributed by atoms with Crippen molar-refractivity contribution in [1.82, 2.24) is 0 Å². The van der Waals surface area contributed by atoms with Gasteiger partial charge in [-0.05, 0) is 24.6 Å². The van der Waals surface area contributed by atoms with E-state index in [4.69, 9.17) is 4.74 Å². The Hall–Kier alpha value is -1.46. The highest BCUT2D eigenvalue weighted by molar-refractivity contribution is 6.74. The molecule has 1 nitrogen and oxygen atoms in total. The zero-order valence-corrected chi connectivity index (χ0v) is 8.43. The lowest BCUT2D eigenvalue weighted by molar-refractivity contribution is 0.325. The summed E-state index contributed by atoms with van der Waals surface area (Å²) < 4.78 is 55.2. The van der Waals surface area contributed by atoms with E-state index in [1.165, 1.54) is 6.08 Å². The van der Waals surface area contributed by atoms with Crippen LogP contribution in [0.1, 0.15) is 6.42 Å². The fourth-order valence-electron chi connectivity index (χ4n) is 1.16. The van der Waals surface area contributed by atoms with Gasteiger partial charge in [-0.2, -0.15) is 0 Å². The molecule has 0 heterocycles. The second-order valence-corrected chi connectivity index (χ2v) is 3.18. The molecule has 0 spiro atoms. The summed E-state index contributed by atoms with van der Waals surface area (Å²) in [5.74, 6) is -1.26. The largest absolute Gasteiger partial charge is 0.513 e. The summed E-state index contributed by atoms with van der Waals surface area (Å²) in [6.45, 7) is -1.76. The SMILES string of the molecule is C=CCCOc1ccc(F)cc1[B-](F)(F)F. The lowest BCUT2D eigenvalue weighted by Gasteiger charge is -2.19. The molecule has 0 aliphatic heterocycles. The van der Waals surface area contributed by atoms with Gasteiger partial charge < -0.3 is 17.7 Å². The van der Waals surface area contributed by atoms with Crippen LogP contribution in [-0.4, -0.2) is 13.6 Å². The van der Waals surface area contributed by atoms with E-state index in [0.717, 1.165) is 12.1 Å². The number of rotatable bonds is 5. The fraction of sp³-hybridized carbons (Fsp3) is 0.200. The zero-order valence-electron chi connectivity index (χ0n) is 8.43. The molecule has 88 valence electrons. The molecule has 0 radical (unpaired) electrons. The highest BCUT2D eigenvalue weighted by atomic mass is 19.4. The van der Waals surface area contributed by atoms with Crippen LogP contribution in [0.25, 0.3) is 0 Å². The number of halogens is 4. The smallest absolute Gasteiger partial charge is 0.496 e. The molecule has 0 N–H and O–H groups in total. The highest BCUT2D eigenvalue weighted by Gasteiger charge is 2.29. The van der Waals surface area contributed by atoms with E-state index in [-0.39, 0.29) is 12.4 Å². The fourth-order valence-corrected chi connectivity index (χ4v) is 1.16. The first-order chi connectivity index (χ1) is 7.45. The maximum atomic E-state index is 12.7. The van der Waals surface area contributed by atoms with E-state index in [0.29, 0.717) is 12.5 Å². The van der Waals surface area contributed by atoms with Gasteiger partial charge in [-0.1, -0.05) is 11.5 Å². The first-order valence-corrected chi connectivity index (χ1v) is 4.68. The molecule has 0 atom stereocenters. The van der Waals surface area contributed by atoms with Crippen molar-refractivity contribution in [1.29, 1.82) is 0 Å². The molecule has 0 saturated heterocycles. The lowest BCUT2D eigenvalue weighted by Crippen LogP contribution is -2.35. The van der Waals surface area contributed by atoms with Crippen molar-refractivity contribution in [3.63, 3.8) is 0 Å². The summed E-state index contributed by atoms with van der Waals surface area (Å²) in [5.41, 5.74) is -1.04. The van der Waals surface area contributed by atoms with Gasteiger partial charge in [0.15, 0.2) is 0 Å². The standard InChI is InChI=1S/C10H10BF4O/c1-2-3-6-16-10-5-4-8(12)7-9(10)11(13,14)15/h2,4-5,7H,1,3,6H2/q-1. The molecule has 1 rings (SSSR count). The number of hydrogen-bond acceptors (Lipinski definition) is 1. The van der Waals surface area contributed by atoms with Crippen LogP contribution in [0.2, 0.25) is 0 Å². The Balaban J connectivity index is 2.94. The second-order valence-electron chi connectivity index (χ2n) is 3.18. The van der Waals surface area contributed by atoms with Gasteiger partial charge in [-0.25, -0.2) is 4.39 Å². The summed E-state index contributed by atoms with van der Waals surface area (Å²) in [6, 6.07) is 2.38. The quantitative estimate of drug-likeness (QED) is 0.329. The average molecular weight is 233 g/mol. The summed E-state index contributed by atoms with van der Waals surface area (Å²) in [7, 11) is 0. The minimum Gasteiger partial charge on any atom is -0.496 e. The molecule has 6 heteroatoms. The van der Waals surface area contributed by atoms with Gasteiger partial charge in [0.2, 0.25) is 0 Å². The number of ether oxygens (including phenoxy) is 1. The van der Waals surface area contributed by atoms with Crippen molar-refractivity contribution in [2.75, 3.05) is 6.61 Å². The molecule has 0 amide bonds. The van der Waals surface area contributed by atoms with Crippen molar-refractivity contribution < 1.29 is 22.1 Å². The van der Waals surface area contributed by atoms with E-state index < -0.39 is 18.3 Å². The topological polar surface area (TPSA) is 9.23 Å². The first-order valence-electron chi connectivity index (χ1n) is 4.68. The van der Waals surface area contributed by atoms with Crippen LogP contribution in [0.3, 0.4) is 0 Å². The van der Waals surface area contributed by atoms with Crippen molar-refractivity contribution >= 4 is 12.4 Å². The van der Waals surface area contributed by atoms with Crippen molar-refractivity contribution in [3.05, 3.63) is 36.7 Å². The molecular weight excluding hydrogens is 223 g/mol. The highest BCUT2D eigenvalue weighted by Crippen LogP contribution is 2.18. The van der Waals surface area contributed by atoms with Gasteiger partial charge in [-0.3, -0.25) is 0 Å². The molecule has 0 bridgehead atoms. The third-order valence-electron chi connectivity index (χ3n) is 1.90. The Morgan fingerprint density at radius 2 is 2.00 bits per heavy atom. The van der Waals surface area contributed by atoms with E-state index in [1.807, 2.05) is 0 Å². The van der Waals surface area contributed by atoms with Gasteiger partial charge in [-0.15, -0.1) is 6.58 Å². The maximum absolute atomic E-state index is 12.7. The Morgan fingerprint density at radius 3 is 2.56 bits per heavy atom. The third kappa shape index (κ3) is 3.29. The zero-order chi connectivity index (χ0) is 12.2. The average Bonchev–Trinajstić information content (AvgIpc) is 2.19. The molecule has 1 aromatic rings. The summed E-state index contributed by atoms with van der Waals surface area (Å²) >= 11 is 0. The van der Waals surface area contributed by atoms with Crippen LogP contribution in [0.5, 0.6) is 5.75 Å². The van der Waals surface area contributed by atoms with E-state index in [9.17, 15) is 17.3 Å². The van der Waals surface area contributed by atoms with Crippen LogP contribution in [0.4, 0.5) is 17.3 Å². The summed E-state index contributed by atoms with van der Waals surface area (Å²) in [4.78, 5) is 0. The molecule has 0 saturated carbocycles. The van der Waals surface area contributed by atoms with Crippen LogP contribution in [0.15, 0.2) is 30.9 Å². The van der Waals surface area contributed by atoms with Gasteiger partial charge in [0.1, 0.15) is 5.82 Å². The van der Waals surface area contributed by atoms with Gasteiger partial charge >= 0.3 is 6.98 Å². The minimum absolute atomic E-state index is 0.0916. The molecule has 0 aromatic heterocycles. The monoisotopic (exact) mass is 233 g/mol. The van der Waals surface area contributed by atoms with E-state index in [1.54, 1.807) is 0 Å². The molecular formula is C10H10BF4O-. The Kier molecular flexibility index (Phi) is 3.98. The number of hydrogen-bond donors (Lipinski definition) is 0. The Bertz CT molecular complexity index is 376. The molecule has 0 fully saturated rings. The summed E-state index contributed by atoms with van der Waals surface area (Å²) in [6.07, 6.45) is 1.96. The Labute approximate surface area is 90.8 Å². The van der Waals surface area contributed by atoms with E-state index in [2.05, 4.69) is 6.58 Å². The number of benzene rings is 1. The van der Waals surface area contributed by atoms with Crippen LogP contribution >= 0.6 is 0 Å². The van der Waals surface area contributed by atoms with Crippen molar-refractivity contribution in [2.24, 2.45) is 0 Å². The lowest BCUT2D eigenvalue weighted by atomic mass is 9.79. The van der Waals surface area contributed by atoms with E-state index >= 15 is 0 Å². The molecule has 0 aliphatic rings. The van der Waals surface area contributed by atoms with Crippen LogP contribution in [-0.2, 0) is 0 Å². The van der Waals surface area contributed by atoms with Crippen LogP contribution < -0.4 is 10.2 Å². The van der Waals surface area contributed by atoms with Gasteiger partial charge in [0.05, 0.1) is 12.4 Å². The molecule has 0 unspecified atom stereocenters.